The Morgan fingerprint density at radius 3 is 2.61 bits per heavy atom. The molecule has 9 nitrogen and oxygen atoms in total. The zero-order chi connectivity index (χ0) is 20.9. The van der Waals surface area contributed by atoms with Gasteiger partial charge in [-0.25, -0.2) is 15.0 Å². The van der Waals surface area contributed by atoms with Gasteiger partial charge in [0.25, 0.3) is 0 Å². The number of aromatic amines is 2. The monoisotopic (exact) mass is 413 g/mol. The highest BCUT2D eigenvalue weighted by molar-refractivity contribution is 5.94. The van der Waals surface area contributed by atoms with Crippen molar-refractivity contribution in [3.05, 3.63) is 36.5 Å². The fourth-order valence-corrected chi connectivity index (χ4v) is 4.34. The number of piperidine rings is 1. The summed E-state index contributed by atoms with van der Waals surface area (Å²) < 4.78 is 2.03. The third kappa shape index (κ3) is 2.88. The van der Waals surface area contributed by atoms with E-state index >= 15 is 0 Å². The molecule has 1 fully saturated rings. The van der Waals surface area contributed by atoms with Crippen LogP contribution >= 0.6 is 0 Å². The van der Waals surface area contributed by atoms with Crippen LogP contribution in [0.25, 0.3) is 45.0 Å². The zero-order valence-corrected chi connectivity index (χ0v) is 17.6. The molecule has 6 heterocycles. The summed E-state index contributed by atoms with van der Waals surface area (Å²) in [6.07, 6.45) is 9.29. The molecule has 5 aromatic heterocycles. The lowest BCUT2D eigenvalue weighted by atomic mass is 10.1. The molecule has 156 valence electrons. The molecule has 0 unspecified atom stereocenters. The second-order valence-electron chi connectivity index (χ2n) is 8.10. The Morgan fingerprint density at radius 2 is 1.81 bits per heavy atom. The van der Waals surface area contributed by atoms with E-state index in [1.165, 1.54) is 19.3 Å². The van der Waals surface area contributed by atoms with Crippen molar-refractivity contribution in [3.8, 4) is 22.9 Å². The number of aryl methyl sites for hydroxylation is 1. The van der Waals surface area contributed by atoms with E-state index in [4.69, 9.17) is 9.97 Å². The smallest absolute Gasteiger partial charge is 0.161 e. The summed E-state index contributed by atoms with van der Waals surface area (Å²) in [6, 6.07) is 3.98. The van der Waals surface area contributed by atoms with Gasteiger partial charge < -0.3 is 14.5 Å². The van der Waals surface area contributed by atoms with Crippen LogP contribution in [-0.2, 0) is 7.05 Å². The number of fused-ring (bicyclic) bond motifs is 2. The molecule has 0 radical (unpaired) electrons. The topological polar surface area (TPSA) is 104 Å². The lowest BCUT2D eigenvalue weighted by molar-refractivity contribution is 0.578. The summed E-state index contributed by atoms with van der Waals surface area (Å²) in [4.78, 5) is 24.4. The van der Waals surface area contributed by atoms with Crippen molar-refractivity contribution >= 4 is 27.8 Å². The van der Waals surface area contributed by atoms with Crippen molar-refractivity contribution in [1.29, 1.82) is 0 Å². The van der Waals surface area contributed by atoms with E-state index in [9.17, 15) is 0 Å². The van der Waals surface area contributed by atoms with Gasteiger partial charge in [0, 0.05) is 20.1 Å². The van der Waals surface area contributed by atoms with Crippen molar-refractivity contribution in [2.45, 2.75) is 26.2 Å². The number of nitrogens with zero attached hydrogens (tertiary/aromatic N) is 7. The summed E-state index contributed by atoms with van der Waals surface area (Å²) in [5, 5.41) is 7.61. The van der Waals surface area contributed by atoms with E-state index in [0.717, 1.165) is 58.1 Å². The molecule has 9 heteroatoms. The normalized spacial score (nSPS) is 14.7. The van der Waals surface area contributed by atoms with Gasteiger partial charge in [0.2, 0.25) is 0 Å². The highest BCUT2D eigenvalue weighted by Gasteiger charge is 2.20. The number of aromatic nitrogens is 8. The van der Waals surface area contributed by atoms with Crippen LogP contribution in [0.1, 0.15) is 25.1 Å². The number of rotatable bonds is 3. The first-order valence-electron chi connectivity index (χ1n) is 10.6. The molecule has 0 aliphatic carbocycles. The summed E-state index contributed by atoms with van der Waals surface area (Å²) in [6.45, 7) is 4.07. The van der Waals surface area contributed by atoms with Gasteiger partial charge in [-0.2, -0.15) is 5.10 Å². The van der Waals surface area contributed by atoms with Crippen molar-refractivity contribution in [2.75, 3.05) is 18.0 Å². The van der Waals surface area contributed by atoms with E-state index in [0.29, 0.717) is 11.5 Å². The van der Waals surface area contributed by atoms with Crippen LogP contribution in [0.3, 0.4) is 0 Å². The average molecular weight is 413 g/mol. The molecule has 1 aliphatic heterocycles. The Labute approximate surface area is 178 Å². The van der Waals surface area contributed by atoms with E-state index in [1.807, 2.05) is 49.3 Å². The minimum atomic E-state index is 0.693. The van der Waals surface area contributed by atoms with Crippen LogP contribution in [-0.4, -0.2) is 52.8 Å². The Bertz CT molecular complexity index is 1400. The summed E-state index contributed by atoms with van der Waals surface area (Å²) in [7, 11) is 1.99. The summed E-state index contributed by atoms with van der Waals surface area (Å²) >= 11 is 0. The third-order valence-electron chi connectivity index (χ3n) is 6.19. The number of pyridine rings is 2. The van der Waals surface area contributed by atoms with Crippen LogP contribution in [0.5, 0.6) is 0 Å². The van der Waals surface area contributed by atoms with Crippen molar-refractivity contribution < 1.29 is 0 Å². The number of hydrogen-bond donors (Lipinski definition) is 2. The van der Waals surface area contributed by atoms with Crippen LogP contribution in [0.15, 0.2) is 30.7 Å². The van der Waals surface area contributed by atoms with E-state index < -0.39 is 0 Å². The van der Waals surface area contributed by atoms with Gasteiger partial charge in [0.05, 0.1) is 46.7 Å². The Morgan fingerprint density at radius 1 is 0.935 bits per heavy atom. The maximum absolute atomic E-state index is 4.93. The van der Waals surface area contributed by atoms with Gasteiger partial charge in [-0.05, 0) is 38.3 Å². The number of anilines is 1. The standard InChI is InChI=1S/C22H23N9/c1-13-24-12-17(30(13)2)14-6-7-15-20(25-14)21(29-28-15)22-26-16-10-23-11-18(19(16)27-22)31-8-4-3-5-9-31/h6-7,10-12H,3-5,8-9H2,1-2H3,(H,26,27)(H,28,29). The first-order valence-corrected chi connectivity index (χ1v) is 10.6. The Hall–Kier alpha value is -3.75. The molecule has 1 saturated heterocycles. The minimum Gasteiger partial charge on any atom is -0.368 e. The second kappa shape index (κ2) is 6.90. The maximum atomic E-state index is 4.93. The number of imidazole rings is 2. The zero-order valence-electron chi connectivity index (χ0n) is 17.6. The third-order valence-corrected chi connectivity index (χ3v) is 6.19. The molecule has 6 rings (SSSR count). The molecule has 0 spiro atoms. The number of hydrogen-bond acceptors (Lipinski definition) is 6. The molecule has 31 heavy (non-hydrogen) atoms. The highest BCUT2D eigenvalue weighted by atomic mass is 15.2. The first-order chi connectivity index (χ1) is 15.2. The fourth-order valence-electron chi connectivity index (χ4n) is 4.34. The van der Waals surface area contributed by atoms with Gasteiger partial charge in [0.1, 0.15) is 16.9 Å². The van der Waals surface area contributed by atoms with Gasteiger partial charge in [-0.1, -0.05) is 0 Å². The molecule has 0 bridgehead atoms. The van der Waals surface area contributed by atoms with Crippen molar-refractivity contribution in [1.82, 2.24) is 39.7 Å². The molecule has 0 saturated carbocycles. The van der Waals surface area contributed by atoms with Crippen molar-refractivity contribution in [3.63, 3.8) is 0 Å². The molecule has 1 aliphatic rings. The molecule has 2 N–H and O–H groups in total. The molecule has 0 aromatic carbocycles. The molecule has 5 aromatic rings. The SMILES string of the molecule is Cc1ncc(-c2ccc3[nH]nc(-c4nc5c(N6CCCCC6)cncc5[nH]4)c3n2)n1C. The predicted molar refractivity (Wildman–Crippen MR) is 120 cm³/mol. The van der Waals surface area contributed by atoms with Gasteiger partial charge in [-0.15, -0.1) is 0 Å². The van der Waals surface area contributed by atoms with Crippen molar-refractivity contribution in [2.24, 2.45) is 7.05 Å². The van der Waals surface area contributed by atoms with E-state index in [2.05, 4.69) is 30.0 Å². The highest BCUT2D eigenvalue weighted by Crippen LogP contribution is 2.31. The van der Waals surface area contributed by atoms with Crippen LogP contribution in [0.4, 0.5) is 5.69 Å². The molecule has 0 atom stereocenters. The van der Waals surface area contributed by atoms with E-state index in [-0.39, 0.29) is 0 Å². The van der Waals surface area contributed by atoms with Gasteiger partial charge in [0.15, 0.2) is 11.5 Å². The first kappa shape index (κ1) is 18.1. The maximum Gasteiger partial charge on any atom is 0.161 e. The van der Waals surface area contributed by atoms with Crippen LogP contribution in [0, 0.1) is 6.92 Å². The van der Waals surface area contributed by atoms with Crippen LogP contribution < -0.4 is 4.90 Å². The van der Waals surface area contributed by atoms with Gasteiger partial charge in [-0.3, -0.25) is 10.1 Å². The van der Waals surface area contributed by atoms with Crippen LogP contribution in [0.2, 0.25) is 0 Å². The Kier molecular flexibility index (Phi) is 4.02. The minimum absolute atomic E-state index is 0.693. The summed E-state index contributed by atoms with van der Waals surface area (Å²) in [5.74, 6) is 1.64. The quantitative estimate of drug-likeness (QED) is 0.468. The summed E-state index contributed by atoms with van der Waals surface area (Å²) in [5.41, 5.74) is 7.09. The lowest BCUT2D eigenvalue weighted by Gasteiger charge is -2.28. The fraction of sp³-hybridized carbons (Fsp3) is 0.318. The molecular formula is C22H23N9. The second-order valence-corrected chi connectivity index (χ2v) is 8.10. The molecular weight excluding hydrogens is 390 g/mol. The van der Waals surface area contributed by atoms with Gasteiger partial charge >= 0.3 is 0 Å². The predicted octanol–water partition coefficient (Wildman–Crippen LogP) is 3.60. The number of H-pyrrole nitrogens is 2. The molecule has 0 amide bonds. The Balaban J connectivity index is 1.47. The average Bonchev–Trinajstić information content (AvgIpc) is 3.50. The lowest BCUT2D eigenvalue weighted by Crippen LogP contribution is -2.29. The largest absolute Gasteiger partial charge is 0.368 e. The van der Waals surface area contributed by atoms with E-state index in [1.54, 1.807) is 0 Å². The number of nitrogens with one attached hydrogen (secondary N) is 2.